The van der Waals surface area contributed by atoms with Crippen molar-refractivity contribution in [3.8, 4) is 0 Å². The lowest BCUT2D eigenvalue weighted by Crippen LogP contribution is -2.12. The third-order valence-corrected chi connectivity index (χ3v) is 2.51. The number of hydrogen-bond acceptors (Lipinski definition) is 3. The van der Waals surface area contributed by atoms with Crippen molar-refractivity contribution in [1.82, 2.24) is 0 Å². The summed E-state index contributed by atoms with van der Waals surface area (Å²) in [5, 5.41) is 9.04. The van der Waals surface area contributed by atoms with Gasteiger partial charge in [0, 0.05) is 12.0 Å². The topological polar surface area (TPSA) is 71.4 Å². The number of benzene rings is 1. The van der Waals surface area contributed by atoms with Crippen LogP contribution >= 0.6 is 0 Å². The molecule has 0 fully saturated rings. The van der Waals surface area contributed by atoms with Gasteiger partial charge in [-0.15, -0.1) is 0 Å². The second kappa shape index (κ2) is 3.73. The van der Waals surface area contributed by atoms with Gasteiger partial charge in [-0.3, -0.25) is 9.59 Å². The Morgan fingerprint density at radius 3 is 2.69 bits per heavy atom. The van der Waals surface area contributed by atoms with E-state index < -0.39 is 5.97 Å². The van der Waals surface area contributed by atoms with E-state index in [4.69, 9.17) is 5.11 Å². The summed E-state index contributed by atoms with van der Waals surface area (Å²) in [6, 6.07) is 3.05. The molecule has 1 N–H and O–H groups in total. The Labute approximate surface area is 91.2 Å². The predicted octanol–water partition coefficient (Wildman–Crippen LogP) is 1.34. The van der Waals surface area contributed by atoms with Gasteiger partial charge in [-0.1, -0.05) is 18.2 Å². The van der Waals surface area contributed by atoms with Gasteiger partial charge in [0.25, 0.3) is 0 Å². The van der Waals surface area contributed by atoms with Crippen LogP contribution in [0.2, 0.25) is 0 Å². The Kier molecular flexibility index (Phi) is 2.40. The number of carbonyl (C=O) groups excluding carboxylic acids is 2. The molecule has 0 heterocycles. The molecule has 0 amide bonds. The molecule has 1 aliphatic carbocycles. The monoisotopic (exact) mass is 216 g/mol. The summed E-state index contributed by atoms with van der Waals surface area (Å²) in [4.78, 5) is 32.9. The molecule has 16 heavy (non-hydrogen) atoms. The van der Waals surface area contributed by atoms with Crippen molar-refractivity contribution in [2.45, 2.75) is 6.42 Å². The second-order valence-electron chi connectivity index (χ2n) is 3.50. The van der Waals surface area contributed by atoms with Crippen molar-refractivity contribution >= 4 is 24.1 Å². The zero-order valence-electron chi connectivity index (χ0n) is 8.27. The summed E-state index contributed by atoms with van der Waals surface area (Å²) in [7, 11) is 0. The van der Waals surface area contributed by atoms with Crippen molar-refractivity contribution < 1.29 is 19.5 Å². The minimum atomic E-state index is -1.15. The van der Waals surface area contributed by atoms with Crippen molar-refractivity contribution in [2.24, 2.45) is 0 Å². The Morgan fingerprint density at radius 1 is 1.31 bits per heavy atom. The van der Waals surface area contributed by atoms with Crippen LogP contribution in [0.4, 0.5) is 0 Å². The van der Waals surface area contributed by atoms with Crippen molar-refractivity contribution in [1.29, 1.82) is 0 Å². The molecule has 0 bridgehead atoms. The maximum atomic E-state index is 11.2. The fraction of sp³-hybridized carbons (Fsp3) is 0.0833. The van der Waals surface area contributed by atoms with Gasteiger partial charge in [0.05, 0.1) is 5.56 Å². The van der Waals surface area contributed by atoms with Crippen LogP contribution in [-0.4, -0.2) is 23.1 Å². The second-order valence-corrected chi connectivity index (χ2v) is 3.50. The largest absolute Gasteiger partial charge is 0.478 e. The molecular formula is C12H8O4. The number of carbonyl (C=O) groups is 3. The smallest absolute Gasteiger partial charge is 0.337 e. The van der Waals surface area contributed by atoms with E-state index in [-0.39, 0.29) is 23.3 Å². The Bertz CT molecular complexity index is 526. The summed E-state index contributed by atoms with van der Waals surface area (Å²) in [6.07, 6.45) is 3.49. The highest BCUT2D eigenvalue weighted by Gasteiger charge is 2.20. The first-order valence-corrected chi connectivity index (χ1v) is 4.68. The minimum absolute atomic E-state index is 0.0312. The lowest BCUT2D eigenvalue weighted by Gasteiger charge is -2.13. The Hall–Kier alpha value is -2.23. The molecule has 0 saturated carbocycles. The number of allylic oxidation sites excluding steroid dienone is 1. The zero-order valence-corrected chi connectivity index (χ0v) is 8.27. The molecule has 4 nitrogen and oxygen atoms in total. The van der Waals surface area contributed by atoms with Crippen LogP contribution < -0.4 is 0 Å². The first-order valence-electron chi connectivity index (χ1n) is 4.68. The molecule has 0 spiro atoms. The highest BCUT2D eigenvalue weighted by atomic mass is 16.4. The standard InChI is InChI=1S/C12H8O4/c13-6-8-2-1-7-5-9(14)3-4-10(7)11(8)12(15)16/h1-4,6H,5H2,(H,15,16). The van der Waals surface area contributed by atoms with Crippen LogP contribution in [0.25, 0.3) is 6.08 Å². The van der Waals surface area contributed by atoms with Gasteiger partial charge in [-0.2, -0.15) is 0 Å². The van der Waals surface area contributed by atoms with Crippen LogP contribution in [0.15, 0.2) is 18.2 Å². The molecule has 80 valence electrons. The average molecular weight is 216 g/mol. The zero-order chi connectivity index (χ0) is 11.7. The first kappa shape index (κ1) is 10.3. The molecule has 1 aliphatic rings. The van der Waals surface area contributed by atoms with E-state index in [0.717, 1.165) is 0 Å². The molecule has 0 atom stereocenters. The number of carboxylic acids is 1. The molecule has 0 unspecified atom stereocenters. The van der Waals surface area contributed by atoms with E-state index in [9.17, 15) is 14.4 Å². The minimum Gasteiger partial charge on any atom is -0.478 e. The lowest BCUT2D eigenvalue weighted by atomic mass is 9.90. The van der Waals surface area contributed by atoms with Gasteiger partial charge in [-0.05, 0) is 17.2 Å². The molecule has 0 radical (unpaired) electrons. The van der Waals surface area contributed by atoms with Crippen LogP contribution in [0.1, 0.15) is 31.8 Å². The molecule has 4 heteroatoms. The van der Waals surface area contributed by atoms with Crippen molar-refractivity contribution in [3.63, 3.8) is 0 Å². The fourth-order valence-electron chi connectivity index (χ4n) is 1.78. The third-order valence-electron chi connectivity index (χ3n) is 2.51. The van der Waals surface area contributed by atoms with Gasteiger partial charge in [0.15, 0.2) is 12.1 Å². The highest BCUT2D eigenvalue weighted by molar-refractivity contribution is 6.05. The van der Waals surface area contributed by atoms with E-state index in [0.29, 0.717) is 17.4 Å². The van der Waals surface area contributed by atoms with E-state index >= 15 is 0 Å². The molecule has 1 aromatic carbocycles. The van der Waals surface area contributed by atoms with E-state index in [1.807, 2.05) is 0 Å². The van der Waals surface area contributed by atoms with Gasteiger partial charge < -0.3 is 5.11 Å². The summed E-state index contributed by atoms with van der Waals surface area (Å²) in [5.41, 5.74) is 1.20. The molecular weight excluding hydrogens is 208 g/mol. The fourth-order valence-corrected chi connectivity index (χ4v) is 1.78. The number of aldehydes is 1. The molecule has 0 aliphatic heterocycles. The normalized spacial score (nSPS) is 13.4. The summed E-state index contributed by atoms with van der Waals surface area (Å²) >= 11 is 0. The average Bonchev–Trinajstić information content (AvgIpc) is 2.26. The SMILES string of the molecule is O=Cc1ccc2c(c1C(=O)O)C=CC(=O)C2. The van der Waals surface area contributed by atoms with Gasteiger partial charge >= 0.3 is 5.97 Å². The quantitative estimate of drug-likeness (QED) is 0.757. The Morgan fingerprint density at radius 2 is 2.06 bits per heavy atom. The maximum absolute atomic E-state index is 11.2. The number of ketones is 1. The third kappa shape index (κ3) is 1.54. The van der Waals surface area contributed by atoms with E-state index in [1.165, 1.54) is 18.2 Å². The Balaban J connectivity index is 2.72. The van der Waals surface area contributed by atoms with Gasteiger partial charge in [0.1, 0.15) is 0 Å². The van der Waals surface area contributed by atoms with Crippen molar-refractivity contribution in [3.05, 3.63) is 40.5 Å². The van der Waals surface area contributed by atoms with E-state index in [1.54, 1.807) is 6.07 Å². The number of fused-ring (bicyclic) bond motifs is 1. The highest BCUT2D eigenvalue weighted by Crippen LogP contribution is 2.24. The predicted molar refractivity (Wildman–Crippen MR) is 56.5 cm³/mol. The lowest BCUT2D eigenvalue weighted by molar-refractivity contribution is -0.114. The van der Waals surface area contributed by atoms with Crippen molar-refractivity contribution in [2.75, 3.05) is 0 Å². The van der Waals surface area contributed by atoms with Gasteiger partial charge in [0.2, 0.25) is 0 Å². The number of hydrogen-bond donors (Lipinski definition) is 1. The summed E-state index contributed by atoms with van der Waals surface area (Å²) in [5.74, 6) is -1.22. The first-order chi connectivity index (χ1) is 7.63. The molecule has 2 rings (SSSR count). The van der Waals surface area contributed by atoms with Crippen LogP contribution in [-0.2, 0) is 11.2 Å². The number of rotatable bonds is 2. The molecule has 1 aromatic rings. The molecule has 0 aromatic heterocycles. The van der Waals surface area contributed by atoms with Gasteiger partial charge in [-0.25, -0.2) is 4.79 Å². The van der Waals surface area contributed by atoms with Crippen LogP contribution in [0.3, 0.4) is 0 Å². The van der Waals surface area contributed by atoms with E-state index in [2.05, 4.69) is 0 Å². The molecule has 0 saturated heterocycles. The summed E-state index contributed by atoms with van der Waals surface area (Å²) in [6.45, 7) is 0. The van der Waals surface area contributed by atoms with Crippen LogP contribution in [0, 0.1) is 0 Å². The number of carboxylic acid groups (broad SMARTS) is 1. The van der Waals surface area contributed by atoms with Crippen LogP contribution in [0.5, 0.6) is 0 Å². The summed E-state index contributed by atoms with van der Waals surface area (Å²) < 4.78 is 0. The number of aromatic carboxylic acids is 1. The maximum Gasteiger partial charge on any atom is 0.337 e.